The van der Waals surface area contributed by atoms with Crippen LogP contribution in [0.4, 0.5) is 4.39 Å². The van der Waals surface area contributed by atoms with E-state index in [1.165, 1.54) is 6.07 Å². The zero-order valence-electron chi connectivity index (χ0n) is 7.25. The van der Waals surface area contributed by atoms with E-state index in [2.05, 4.69) is 0 Å². The first-order valence-corrected chi connectivity index (χ1v) is 4.07. The van der Waals surface area contributed by atoms with Gasteiger partial charge in [0.05, 0.1) is 5.56 Å². The maximum Gasteiger partial charge on any atom is 0.251 e. The van der Waals surface area contributed by atoms with E-state index in [1.54, 1.807) is 0 Å². The van der Waals surface area contributed by atoms with E-state index in [9.17, 15) is 9.18 Å². The largest absolute Gasteiger partial charge is 0.486 e. The van der Waals surface area contributed by atoms with Gasteiger partial charge in [-0.25, -0.2) is 4.39 Å². The molecule has 2 N–H and O–H groups in total. The van der Waals surface area contributed by atoms with Crippen LogP contribution >= 0.6 is 0 Å². The van der Waals surface area contributed by atoms with Crippen LogP contribution in [0.2, 0.25) is 0 Å². The number of amides is 1. The Morgan fingerprint density at radius 2 is 1.86 bits per heavy atom. The molecule has 74 valence electrons. The first-order valence-electron chi connectivity index (χ1n) is 4.07. The number of hydrogen-bond acceptors (Lipinski definition) is 3. The van der Waals surface area contributed by atoms with Crippen molar-refractivity contribution in [1.82, 2.24) is 0 Å². The first-order chi connectivity index (χ1) is 6.68. The topological polar surface area (TPSA) is 61.6 Å². The predicted octanol–water partition coefficient (Wildman–Crippen LogP) is 0.696. The molecule has 0 saturated heterocycles. The summed E-state index contributed by atoms with van der Waals surface area (Å²) >= 11 is 0. The van der Waals surface area contributed by atoms with E-state index < -0.39 is 11.7 Å². The number of carbonyl (C=O) groups excluding carboxylic acids is 1. The van der Waals surface area contributed by atoms with E-state index in [1.807, 2.05) is 0 Å². The lowest BCUT2D eigenvalue weighted by Gasteiger charge is -2.18. The number of fused-ring (bicyclic) bond motifs is 1. The SMILES string of the molecule is NC(=O)c1cc2c(cc1F)OCCO2. The zero-order chi connectivity index (χ0) is 10.1. The Morgan fingerprint density at radius 1 is 1.29 bits per heavy atom. The normalized spacial score (nSPS) is 13.8. The minimum absolute atomic E-state index is 0.186. The minimum Gasteiger partial charge on any atom is -0.486 e. The first kappa shape index (κ1) is 8.80. The van der Waals surface area contributed by atoms with Crippen molar-refractivity contribution < 1.29 is 18.7 Å². The van der Waals surface area contributed by atoms with Crippen LogP contribution in [0.15, 0.2) is 12.1 Å². The lowest BCUT2D eigenvalue weighted by atomic mass is 10.1. The number of nitrogens with two attached hydrogens (primary N) is 1. The lowest BCUT2D eigenvalue weighted by Crippen LogP contribution is -2.18. The summed E-state index contributed by atoms with van der Waals surface area (Å²) in [6, 6.07) is 2.36. The van der Waals surface area contributed by atoms with Gasteiger partial charge in [0.15, 0.2) is 11.5 Å². The molecule has 0 saturated carbocycles. The molecule has 1 aromatic carbocycles. The van der Waals surface area contributed by atoms with Crippen LogP contribution in [0, 0.1) is 5.82 Å². The molecule has 4 nitrogen and oxygen atoms in total. The van der Waals surface area contributed by atoms with Gasteiger partial charge in [-0.15, -0.1) is 0 Å². The Morgan fingerprint density at radius 3 is 2.43 bits per heavy atom. The molecule has 0 aliphatic carbocycles. The molecule has 0 spiro atoms. The highest BCUT2D eigenvalue weighted by molar-refractivity contribution is 5.93. The van der Waals surface area contributed by atoms with Crippen molar-refractivity contribution in [3.63, 3.8) is 0 Å². The molecule has 5 heteroatoms. The number of ether oxygens (including phenoxy) is 2. The van der Waals surface area contributed by atoms with Crippen LogP contribution in [0.3, 0.4) is 0 Å². The Hall–Kier alpha value is -1.78. The number of primary amides is 1. The summed E-state index contributed by atoms with van der Waals surface area (Å²) in [6.45, 7) is 0.763. The molecule has 1 aromatic rings. The fourth-order valence-electron chi connectivity index (χ4n) is 1.25. The molecule has 2 rings (SSSR count). The van der Waals surface area contributed by atoms with Crippen molar-refractivity contribution in [2.75, 3.05) is 13.2 Å². The van der Waals surface area contributed by atoms with Crippen LogP contribution in [0.1, 0.15) is 10.4 Å². The second-order valence-electron chi connectivity index (χ2n) is 2.84. The van der Waals surface area contributed by atoms with Crippen molar-refractivity contribution >= 4 is 5.91 Å². The molecule has 0 aromatic heterocycles. The zero-order valence-corrected chi connectivity index (χ0v) is 7.25. The number of rotatable bonds is 1. The van der Waals surface area contributed by atoms with E-state index in [4.69, 9.17) is 15.2 Å². The average Bonchev–Trinajstić information content (AvgIpc) is 2.16. The van der Waals surface area contributed by atoms with Gasteiger partial charge in [-0.2, -0.15) is 0 Å². The summed E-state index contributed by atoms with van der Waals surface area (Å²) in [5.74, 6) is -0.855. The summed E-state index contributed by atoms with van der Waals surface area (Å²) in [5, 5.41) is 0. The molecule has 0 unspecified atom stereocenters. The number of benzene rings is 1. The standard InChI is InChI=1S/C9H8FNO3/c10-6-4-8-7(13-1-2-14-8)3-5(6)9(11)12/h3-4H,1-2H2,(H2,11,12). The van der Waals surface area contributed by atoms with E-state index in [0.29, 0.717) is 24.7 Å². The maximum absolute atomic E-state index is 13.2. The van der Waals surface area contributed by atoms with Gasteiger partial charge in [0.2, 0.25) is 0 Å². The van der Waals surface area contributed by atoms with Crippen LogP contribution in [-0.2, 0) is 0 Å². The van der Waals surface area contributed by atoms with Crippen LogP contribution in [0.25, 0.3) is 0 Å². The van der Waals surface area contributed by atoms with Crippen LogP contribution < -0.4 is 15.2 Å². The van der Waals surface area contributed by atoms with E-state index in [-0.39, 0.29) is 5.56 Å². The number of hydrogen-bond donors (Lipinski definition) is 1. The third kappa shape index (κ3) is 1.37. The van der Waals surface area contributed by atoms with Gasteiger partial charge in [-0.3, -0.25) is 4.79 Å². The fraction of sp³-hybridized carbons (Fsp3) is 0.222. The van der Waals surface area contributed by atoms with Gasteiger partial charge in [-0.05, 0) is 6.07 Å². The fourth-order valence-corrected chi connectivity index (χ4v) is 1.25. The van der Waals surface area contributed by atoms with E-state index in [0.717, 1.165) is 6.07 Å². The van der Waals surface area contributed by atoms with Gasteiger partial charge in [0.25, 0.3) is 5.91 Å². The summed E-state index contributed by atoms with van der Waals surface area (Å²) in [7, 11) is 0. The van der Waals surface area contributed by atoms with Gasteiger partial charge in [0.1, 0.15) is 19.0 Å². The van der Waals surface area contributed by atoms with Crippen molar-refractivity contribution in [3.8, 4) is 11.5 Å². The maximum atomic E-state index is 13.2. The minimum atomic E-state index is -0.820. The van der Waals surface area contributed by atoms with Gasteiger partial charge in [-0.1, -0.05) is 0 Å². The van der Waals surface area contributed by atoms with Gasteiger partial charge in [0, 0.05) is 6.07 Å². The number of halogens is 1. The Balaban J connectivity index is 2.50. The van der Waals surface area contributed by atoms with Crippen molar-refractivity contribution in [2.24, 2.45) is 5.73 Å². The summed E-state index contributed by atoms with van der Waals surface area (Å²) in [6.07, 6.45) is 0. The summed E-state index contributed by atoms with van der Waals surface area (Å²) in [4.78, 5) is 10.8. The summed E-state index contributed by atoms with van der Waals surface area (Å²) < 4.78 is 23.5. The molecule has 0 bridgehead atoms. The Labute approximate surface area is 79.4 Å². The molecule has 0 fully saturated rings. The van der Waals surface area contributed by atoms with Crippen molar-refractivity contribution in [1.29, 1.82) is 0 Å². The van der Waals surface area contributed by atoms with Gasteiger partial charge < -0.3 is 15.2 Å². The summed E-state index contributed by atoms with van der Waals surface area (Å²) in [5.41, 5.74) is 4.79. The highest BCUT2D eigenvalue weighted by Gasteiger charge is 2.18. The highest BCUT2D eigenvalue weighted by atomic mass is 19.1. The molecule has 1 aliphatic rings. The second kappa shape index (κ2) is 3.17. The van der Waals surface area contributed by atoms with Crippen LogP contribution in [-0.4, -0.2) is 19.1 Å². The monoisotopic (exact) mass is 197 g/mol. The average molecular weight is 197 g/mol. The number of carbonyl (C=O) groups is 1. The van der Waals surface area contributed by atoms with E-state index >= 15 is 0 Å². The lowest BCUT2D eigenvalue weighted by molar-refractivity contribution is 0.0995. The van der Waals surface area contributed by atoms with Crippen LogP contribution in [0.5, 0.6) is 11.5 Å². The Bertz CT molecular complexity index is 392. The highest BCUT2D eigenvalue weighted by Crippen LogP contribution is 2.32. The third-order valence-corrected chi connectivity index (χ3v) is 1.90. The smallest absolute Gasteiger partial charge is 0.251 e. The molecular weight excluding hydrogens is 189 g/mol. The molecule has 1 heterocycles. The van der Waals surface area contributed by atoms with Gasteiger partial charge >= 0.3 is 0 Å². The third-order valence-electron chi connectivity index (χ3n) is 1.90. The molecule has 1 aliphatic heterocycles. The van der Waals surface area contributed by atoms with Crippen molar-refractivity contribution in [3.05, 3.63) is 23.5 Å². The molecule has 0 atom stereocenters. The molecule has 0 radical (unpaired) electrons. The molecule has 1 amide bonds. The molecular formula is C9H8FNO3. The van der Waals surface area contributed by atoms with Crippen molar-refractivity contribution in [2.45, 2.75) is 0 Å². The predicted molar refractivity (Wildman–Crippen MR) is 45.9 cm³/mol. The molecule has 14 heavy (non-hydrogen) atoms. The Kier molecular flexibility index (Phi) is 1.99. The quantitative estimate of drug-likeness (QED) is 0.720. The second-order valence-corrected chi connectivity index (χ2v) is 2.84.